The second kappa shape index (κ2) is 3.08. The normalized spacial score (nSPS) is 15.6. The van der Waals surface area contributed by atoms with E-state index in [4.69, 9.17) is 6.11 Å². The Morgan fingerprint density at radius 1 is 1.60 bits per heavy atom. The van der Waals surface area contributed by atoms with E-state index in [0.29, 0.717) is 23.9 Å². The zero-order valence-corrected chi connectivity index (χ0v) is 8.04. The van der Waals surface area contributed by atoms with Crippen molar-refractivity contribution >= 4 is 11.0 Å². The smallest absolute Gasteiger partial charge is 0.291 e. The van der Waals surface area contributed by atoms with Crippen LogP contribution in [0.2, 0.25) is 0 Å². The molecule has 0 amide bonds. The number of rotatable bonds is 0. The Labute approximate surface area is 87.3 Å². The molecule has 4 heteroatoms. The molecule has 0 spiro atoms. The highest BCUT2D eigenvalue weighted by atomic mass is 16.5. The van der Waals surface area contributed by atoms with Gasteiger partial charge in [0.05, 0.1) is 19.0 Å². The van der Waals surface area contributed by atoms with Crippen molar-refractivity contribution in [2.75, 3.05) is 6.61 Å². The summed E-state index contributed by atoms with van der Waals surface area (Å²) < 4.78 is 12.8. The highest BCUT2D eigenvalue weighted by Crippen LogP contribution is 2.25. The predicted molar refractivity (Wildman–Crippen MR) is 56.2 cm³/mol. The van der Waals surface area contributed by atoms with Gasteiger partial charge in [-0.3, -0.25) is 9.78 Å². The van der Waals surface area contributed by atoms with Crippen LogP contribution in [0.4, 0.5) is 0 Å². The van der Waals surface area contributed by atoms with Crippen LogP contribution < -0.4 is 10.3 Å². The summed E-state index contributed by atoms with van der Waals surface area (Å²) in [7, 11) is 0. The first-order valence-electron chi connectivity index (χ1n) is 5.40. The number of nitrogens with zero attached hydrogens (tertiary/aromatic N) is 1. The SMILES string of the molecule is [2H]c1cnc2c3c(c(=O)[nH]c2c1)OCCC3. The quantitative estimate of drug-likeness (QED) is 0.701. The minimum atomic E-state index is -0.227. The number of nitrogens with one attached hydrogen (secondary N) is 1. The number of H-pyrrole nitrogens is 1. The van der Waals surface area contributed by atoms with Crippen molar-refractivity contribution < 1.29 is 6.11 Å². The number of aryl methyl sites for hydroxylation is 1. The van der Waals surface area contributed by atoms with Crippen molar-refractivity contribution in [2.45, 2.75) is 12.8 Å². The lowest BCUT2D eigenvalue weighted by Gasteiger charge is -2.16. The predicted octanol–water partition coefficient (Wildman–Crippen LogP) is 1.25. The van der Waals surface area contributed by atoms with Crippen molar-refractivity contribution in [3.8, 4) is 5.75 Å². The molecule has 3 rings (SSSR count). The van der Waals surface area contributed by atoms with Crippen LogP contribution >= 0.6 is 0 Å². The molecule has 0 atom stereocenters. The second-order valence-corrected chi connectivity index (χ2v) is 3.55. The lowest BCUT2D eigenvalue weighted by molar-refractivity contribution is 0.285. The minimum Gasteiger partial charge on any atom is -0.488 e. The Morgan fingerprint density at radius 2 is 2.53 bits per heavy atom. The van der Waals surface area contributed by atoms with Gasteiger partial charge in [0.1, 0.15) is 0 Å². The summed E-state index contributed by atoms with van der Waals surface area (Å²) in [6, 6.07) is 1.90. The van der Waals surface area contributed by atoms with Gasteiger partial charge >= 0.3 is 0 Å². The molecule has 0 bridgehead atoms. The summed E-state index contributed by atoms with van der Waals surface area (Å²) in [4.78, 5) is 18.6. The van der Waals surface area contributed by atoms with Gasteiger partial charge in [0.2, 0.25) is 0 Å². The van der Waals surface area contributed by atoms with Gasteiger partial charge in [-0.2, -0.15) is 0 Å². The highest BCUT2D eigenvalue weighted by Gasteiger charge is 2.17. The molecule has 0 saturated heterocycles. The number of hydrogen-bond donors (Lipinski definition) is 1. The summed E-state index contributed by atoms with van der Waals surface area (Å²) in [5, 5.41) is 0. The molecule has 0 unspecified atom stereocenters. The summed E-state index contributed by atoms with van der Waals surface area (Å²) in [5.74, 6) is 0.393. The van der Waals surface area contributed by atoms with Gasteiger partial charge in [-0.05, 0) is 25.0 Å². The number of hydrogen-bond acceptors (Lipinski definition) is 3. The Hall–Kier alpha value is -1.84. The second-order valence-electron chi connectivity index (χ2n) is 3.55. The maximum Gasteiger partial charge on any atom is 0.291 e. The highest BCUT2D eigenvalue weighted by molar-refractivity contribution is 5.79. The molecular formula is C11H10N2O2. The first-order chi connectivity index (χ1) is 7.75. The van der Waals surface area contributed by atoms with E-state index in [-0.39, 0.29) is 5.56 Å². The average Bonchev–Trinajstić information content (AvgIpc) is 2.29. The van der Waals surface area contributed by atoms with Crippen molar-refractivity contribution in [1.82, 2.24) is 9.97 Å². The van der Waals surface area contributed by atoms with Crippen LogP contribution in [0.15, 0.2) is 23.1 Å². The number of pyridine rings is 2. The van der Waals surface area contributed by atoms with Crippen LogP contribution in [0, 0.1) is 0 Å². The van der Waals surface area contributed by atoms with Gasteiger partial charge in [-0.1, -0.05) is 0 Å². The Morgan fingerprint density at radius 3 is 3.47 bits per heavy atom. The van der Waals surface area contributed by atoms with Crippen LogP contribution in [-0.4, -0.2) is 16.6 Å². The Bertz CT molecular complexity index is 621. The molecule has 4 nitrogen and oxygen atoms in total. The molecule has 15 heavy (non-hydrogen) atoms. The fourth-order valence-corrected chi connectivity index (χ4v) is 1.93. The van der Waals surface area contributed by atoms with Gasteiger partial charge in [0, 0.05) is 11.8 Å². The Kier molecular flexibility index (Phi) is 1.53. The van der Waals surface area contributed by atoms with Crippen molar-refractivity contribution in [3.05, 3.63) is 34.2 Å². The van der Waals surface area contributed by atoms with Crippen molar-refractivity contribution in [1.29, 1.82) is 0 Å². The van der Waals surface area contributed by atoms with Crippen LogP contribution in [0.1, 0.15) is 13.4 Å². The number of aromatic amines is 1. The molecule has 76 valence electrons. The lowest BCUT2D eigenvalue weighted by Crippen LogP contribution is -2.19. The van der Waals surface area contributed by atoms with Crippen LogP contribution in [0.25, 0.3) is 11.0 Å². The summed E-state index contributed by atoms with van der Waals surface area (Å²) >= 11 is 0. The number of aromatic nitrogens is 2. The van der Waals surface area contributed by atoms with Gasteiger partial charge in [-0.15, -0.1) is 0 Å². The first-order valence-corrected chi connectivity index (χ1v) is 4.90. The molecule has 1 aliphatic rings. The van der Waals surface area contributed by atoms with Crippen LogP contribution in [0.5, 0.6) is 5.75 Å². The molecular weight excluding hydrogens is 192 g/mol. The van der Waals surface area contributed by atoms with Crippen LogP contribution in [0.3, 0.4) is 0 Å². The van der Waals surface area contributed by atoms with E-state index in [1.165, 1.54) is 6.20 Å². The largest absolute Gasteiger partial charge is 0.488 e. The summed E-state index contributed by atoms with van der Waals surface area (Å²) in [5.41, 5.74) is 1.99. The maximum atomic E-state index is 11.7. The molecule has 0 radical (unpaired) electrons. The fourth-order valence-electron chi connectivity index (χ4n) is 1.93. The van der Waals surface area contributed by atoms with E-state index < -0.39 is 0 Å². The van der Waals surface area contributed by atoms with Gasteiger partial charge < -0.3 is 9.72 Å². The summed E-state index contributed by atoms with van der Waals surface area (Å²) in [6.07, 6.45) is 3.19. The molecule has 2 aromatic rings. The summed E-state index contributed by atoms with van der Waals surface area (Å²) in [6.45, 7) is 0.581. The molecule has 0 fully saturated rings. The van der Waals surface area contributed by atoms with E-state index >= 15 is 0 Å². The average molecular weight is 203 g/mol. The fraction of sp³-hybridized carbons (Fsp3) is 0.273. The third-order valence-corrected chi connectivity index (χ3v) is 2.58. The van der Waals surface area contributed by atoms with E-state index in [1.54, 1.807) is 6.07 Å². The zero-order chi connectivity index (χ0) is 11.1. The molecule has 3 heterocycles. The molecule has 0 saturated carbocycles. The first kappa shape index (κ1) is 7.45. The standard InChI is InChI=1S/C11H10N2O2/c14-11-10-7(3-2-6-15-10)9-8(13-11)4-1-5-12-9/h1,4-5H,2-3,6H2,(H,13,14)/i1D. The lowest BCUT2D eigenvalue weighted by atomic mass is 10.1. The molecule has 0 aromatic carbocycles. The van der Waals surface area contributed by atoms with E-state index in [1.807, 2.05) is 0 Å². The van der Waals surface area contributed by atoms with E-state index in [9.17, 15) is 4.79 Å². The minimum absolute atomic E-state index is 0.227. The van der Waals surface area contributed by atoms with Crippen molar-refractivity contribution in [2.24, 2.45) is 0 Å². The number of fused-ring (bicyclic) bond motifs is 3. The van der Waals surface area contributed by atoms with E-state index in [2.05, 4.69) is 9.97 Å². The Balaban J connectivity index is 2.42. The third kappa shape index (κ3) is 1.21. The third-order valence-electron chi connectivity index (χ3n) is 2.58. The van der Waals surface area contributed by atoms with E-state index in [0.717, 1.165) is 23.9 Å². The van der Waals surface area contributed by atoms with Crippen LogP contribution in [-0.2, 0) is 6.42 Å². The maximum absolute atomic E-state index is 11.7. The van der Waals surface area contributed by atoms with Gasteiger partial charge in [0.15, 0.2) is 5.75 Å². The molecule has 0 aliphatic carbocycles. The molecule has 1 N–H and O–H groups in total. The number of ether oxygens (including phenoxy) is 1. The van der Waals surface area contributed by atoms with Gasteiger partial charge in [-0.25, -0.2) is 0 Å². The molecule has 2 aromatic heterocycles. The zero-order valence-electron chi connectivity index (χ0n) is 9.04. The topological polar surface area (TPSA) is 55.0 Å². The monoisotopic (exact) mass is 203 g/mol. The van der Waals surface area contributed by atoms with Crippen molar-refractivity contribution in [3.63, 3.8) is 0 Å². The molecule has 1 aliphatic heterocycles. The van der Waals surface area contributed by atoms with Gasteiger partial charge in [0.25, 0.3) is 5.56 Å².